The van der Waals surface area contributed by atoms with Crippen molar-refractivity contribution >= 4 is 37.9 Å². The first-order valence-electron chi connectivity index (χ1n) is 9.60. The standard InChI is InChI=1S/C26H17BrO/c27-20-11-9-17(10-12-20)21-13-14-22(19-8-6-16-5-7-18(16)15-19)26-25(21)23-3-1-2-4-24(23)28-26/h1-4,6,8-15H,5,7H2. The molecule has 4 aromatic carbocycles. The number of halogens is 1. The molecule has 0 saturated heterocycles. The Morgan fingerprint density at radius 2 is 1.43 bits per heavy atom. The molecule has 1 aromatic heterocycles. The van der Waals surface area contributed by atoms with Gasteiger partial charge in [0, 0.05) is 20.8 Å². The molecule has 0 saturated carbocycles. The lowest BCUT2D eigenvalue weighted by molar-refractivity contribution is 0.670. The number of aryl methyl sites for hydroxylation is 2. The summed E-state index contributed by atoms with van der Waals surface area (Å²) in [7, 11) is 0. The van der Waals surface area contributed by atoms with E-state index in [1.54, 1.807) is 0 Å². The maximum Gasteiger partial charge on any atom is 0.143 e. The van der Waals surface area contributed by atoms with Gasteiger partial charge in [-0.1, -0.05) is 70.5 Å². The van der Waals surface area contributed by atoms with Crippen molar-refractivity contribution in [1.29, 1.82) is 0 Å². The van der Waals surface area contributed by atoms with Gasteiger partial charge in [-0.2, -0.15) is 0 Å². The number of para-hydroxylation sites is 1. The van der Waals surface area contributed by atoms with Crippen LogP contribution < -0.4 is 0 Å². The van der Waals surface area contributed by atoms with Crippen molar-refractivity contribution in [1.82, 2.24) is 0 Å². The maximum absolute atomic E-state index is 6.40. The van der Waals surface area contributed by atoms with Gasteiger partial charge in [0.15, 0.2) is 0 Å². The van der Waals surface area contributed by atoms with E-state index >= 15 is 0 Å². The van der Waals surface area contributed by atoms with E-state index in [1.165, 1.54) is 57.0 Å². The highest BCUT2D eigenvalue weighted by molar-refractivity contribution is 9.10. The van der Waals surface area contributed by atoms with Crippen molar-refractivity contribution in [2.45, 2.75) is 12.8 Å². The van der Waals surface area contributed by atoms with Crippen LogP contribution in [0.15, 0.2) is 87.8 Å². The third-order valence-electron chi connectivity index (χ3n) is 5.86. The second-order valence-electron chi connectivity index (χ2n) is 7.45. The Morgan fingerprint density at radius 1 is 0.679 bits per heavy atom. The smallest absolute Gasteiger partial charge is 0.143 e. The van der Waals surface area contributed by atoms with Crippen LogP contribution in [-0.2, 0) is 12.8 Å². The summed E-state index contributed by atoms with van der Waals surface area (Å²) < 4.78 is 7.49. The molecule has 134 valence electrons. The second-order valence-corrected chi connectivity index (χ2v) is 8.37. The lowest BCUT2D eigenvalue weighted by atomic mass is 9.85. The molecule has 1 aliphatic carbocycles. The third kappa shape index (κ3) is 2.38. The zero-order valence-corrected chi connectivity index (χ0v) is 16.8. The van der Waals surface area contributed by atoms with E-state index in [-0.39, 0.29) is 0 Å². The number of furan rings is 1. The summed E-state index contributed by atoms with van der Waals surface area (Å²) in [6, 6.07) is 28.1. The Bertz CT molecular complexity index is 1360. The molecule has 0 unspecified atom stereocenters. The summed E-state index contributed by atoms with van der Waals surface area (Å²) in [6.07, 6.45) is 2.39. The number of hydrogen-bond donors (Lipinski definition) is 0. The highest BCUT2D eigenvalue weighted by Crippen LogP contribution is 2.42. The zero-order chi connectivity index (χ0) is 18.7. The van der Waals surface area contributed by atoms with E-state index in [1.807, 2.05) is 6.07 Å². The zero-order valence-electron chi connectivity index (χ0n) is 15.2. The SMILES string of the molecule is Brc1ccc(-c2ccc(-c3ccc4c(c3)CC4)c3oc4ccccc4c23)cc1. The largest absolute Gasteiger partial charge is 0.455 e. The van der Waals surface area contributed by atoms with Gasteiger partial charge in [0.1, 0.15) is 11.2 Å². The Kier molecular flexibility index (Phi) is 3.51. The quantitative estimate of drug-likeness (QED) is 0.281. The van der Waals surface area contributed by atoms with Crippen LogP contribution in [0, 0.1) is 0 Å². The minimum Gasteiger partial charge on any atom is -0.455 e. The molecular weight excluding hydrogens is 408 g/mol. The minimum absolute atomic E-state index is 0.937. The van der Waals surface area contributed by atoms with Gasteiger partial charge in [0.05, 0.1) is 0 Å². The number of hydrogen-bond acceptors (Lipinski definition) is 1. The van der Waals surface area contributed by atoms with E-state index in [9.17, 15) is 0 Å². The summed E-state index contributed by atoms with van der Waals surface area (Å²) >= 11 is 3.54. The molecule has 2 heteroatoms. The monoisotopic (exact) mass is 424 g/mol. The molecule has 5 aromatic rings. The Labute approximate surface area is 171 Å². The van der Waals surface area contributed by atoms with Gasteiger partial charge in [0.25, 0.3) is 0 Å². The number of fused-ring (bicyclic) bond motifs is 4. The van der Waals surface area contributed by atoms with Crippen LogP contribution in [0.25, 0.3) is 44.2 Å². The summed E-state index contributed by atoms with van der Waals surface area (Å²) in [4.78, 5) is 0. The maximum atomic E-state index is 6.40. The van der Waals surface area contributed by atoms with Crippen LogP contribution in [0.2, 0.25) is 0 Å². The van der Waals surface area contributed by atoms with Crippen molar-refractivity contribution in [3.63, 3.8) is 0 Å². The van der Waals surface area contributed by atoms with E-state index in [4.69, 9.17) is 4.42 Å². The van der Waals surface area contributed by atoms with Gasteiger partial charge in [-0.05, 0) is 64.9 Å². The molecule has 1 aliphatic rings. The molecule has 0 spiro atoms. The Hall–Kier alpha value is -2.84. The molecule has 0 radical (unpaired) electrons. The first-order valence-corrected chi connectivity index (χ1v) is 10.4. The summed E-state index contributed by atoms with van der Waals surface area (Å²) in [5.41, 5.74) is 9.68. The fraction of sp³-hybridized carbons (Fsp3) is 0.0769. The van der Waals surface area contributed by atoms with Crippen molar-refractivity contribution < 1.29 is 4.42 Å². The van der Waals surface area contributed by atoms with E-state index < -0.39 is 0 Å². The average Bonchev–Trinajstić information content (AvgIpc) is 3.09. The third-order valence-corrected chi connectivity index (χ3v) is 6.39. The van der Waals surface area contributed by atoms with Crippen molar-refractivity contribution in [2.75, 3.05) is 0 Å². The predicted octanol–water partition coefficient (Wildman–Crippen LogP) is 7.78. The van der Waals surface area contributed by atoms with Crippen LogP contribution in [0.1, 0.15) is 11.1 Å². The molecule has 1 heterocycles. The highest BCUT2D eigenvalue weighted by Gasteiger charge is 2.19. The summed E-state index contributed by atoms with van der Waals surface area (Å²) in [5, 5.41) is 2.36. The number of rotatable bonds is 2. The summed E-state index contributed by atoms with van der Waals surface area (Å²) in [6.45, 7) is 0. The molecular formula is C26H17BrO. The van der Waals surface area contributed by atoms with Gasteiger partial charge in [-0.15, -0.1) is 0 Å². The fourth-order valence-electron chi connectivity index (χ4n) is 4.29. The normalized spacial score (nSPS) is 12.9. The van der Waals surface area contributed by atoms with Crippen molar-refractivity contribution in [3.8, 4) is 22.3 Å². The molecule has 0 aliphatic heterocycles. The minimum atomic E-state index is 0.937. The van der Waals surface area contributed by atoms with Crippen LogP contribution in [-0.4, -0.2) is 0 Å². The van der Waals surface area contributed by atoms with Gasteiger partial charge >= 0.3 is 0 Å². The first-order chi connectivity index (χ1) is 13.8. The van der Waals surface area contributed by atoms with Crippen LogP contribution in [0.4, 0.5) is 0 Å². The van der Waals surface area contributed by atoms with Gasteiger partial charge in [0.2, 0.25) is 0 Å². The molecule has 6 rings (SSSR count). The molecule has 0 bridgehead atoms. The van der Waals surface area contributed by atoms with Crippen molar-refractivity contribution in [3.05, 3.63) is 94.5 Å². The van der Waals surface area contributed by atoms with Gasteiger partial charge in [-0.3, -0.25) is 0 Å². The van der Waals surface area contributed by atoms with Crippen LogP contribution >= 0.6 is 15.9 Å². The molecule has 0 amide bonds. The second kappa shape index (κ2) is 6.08. The van der Waals surface area contributed by atoms with Crippen LogP contribution in [0.5, 0.6) is 0 Å². The predicted molar refractivity (Wildman–Crippen MR) is 120 cm³/mol. The van der Waals surface area contributed by atoms with Crippen molar-refractivity contribution in [2.24, 2.45) is 0 Å². The topological polar surface area (TPSA) is 13.1 Å². The Morgan fingerprint density at radius 3 is 2.21 bits per heavy atom. The lowest BCUT2D eigenvalue weighted by Crippen LogP contribution is -2.07. The molecule has 0 N–H and O–H groups in total. The average molecular weight is 425 g/mol. The Balaban J connectivity index is 1.68. The van der Waals surface area contributed by atoms with Crippen LogP contribution in [0.3, 0.4) is 0 Å². The van der Waals surface area contributed by atoms with E-state index in [0.29, 0.717) is 0 Å². The molecule has 28 heavy (non-hydrogen) atoms. The molecule has 0 atom stereocenters. The van der Waals surface area contributed by atoms with E-state index in [0.717, 1.165) is 15.6 Å². The van der Waals surface area contributed by atoms with Gasteiger partial charge in [-0.25, -0.2) is 0 Å². The summed E-state index contributed by atoms with van der Waals surface area (Å²) in [5.74, 6) is 0. The van der Waals surface area contributed by atoms with E-state index in [2.05, 4.69) is 88.7 Å². The first kappa shape index (κ1) is 16.1. The molecule has 1 nitrogen and oxygen atoms in total. The fourth-order valence-corrected chi connectivity index (χ4v) is 4.55. The lowest BCUT2D eigenvalue weighted by Gasteiger charge is -2.19. The van der Waals surface area contributed by atoms with Gasteiger partial charge < -0.3 is 4.42 Å². The number of benzene rings is 4. The highest BCUT2D eigenvalue weighted by atomic mass is 79.9. The molecule has 0 fully saturated rings.